The van der Waals surface area contributed by atoms with Crippen LogP contribution in [0.25, 0.3) is 6.08 Å². The lowest BCUT2D eigenvalue weighted by atomic mass is 10.2. The number of nitrogens with one attached hydrogen (secondary N) is 1. The summed E-state index contributed by atoms with van der Waals surface area (Å²) in [6.45, 7) is 4.00. The topological polar surface area (TPSA) is 12.0 Å². The van der Waals surface area contributed by atoms with Crippen LogP contribution in [0.4, 0.5) is 5.69 Å². The minimum absolute atomic E-state index is 0. The van der Waals surface area contributed by atoms with Crippen LogP contribution < -0.4 is 5.32 Å². The van der Waals surface area contributed by atoms with Crippen molar-refractivity contribution in [2.24, 2.45) is 0 Å². The molecule has 1 aliphatic heterocycles. The summed E-state index contributed by atoms with van der Waals surface area (Å²) in [6.07, 6.45) is 5.02. The van der Waals surface area contributed by atoms with Crippen molar-refractivity contribution in [1.29, 1.82) is 0 Å². The van der Waals surface area contributed by atoms with Crippen LogP contribution in [0.1, 0.15) is 27.3 Å². The first-order chi connectivity index (χ1) is 6.86. The van der Waals surface area contributed by atoms with Gasteiger partial charge in [-0.3, -0.25) is 0 Å². The lowest BCUT2D eigenvalue weighted by Gasteiger charge is -2.05. The Morgan fingerprint density at radius 2 is 2.00 bits per heavy atom. The number of hydrogen-bond donors (Lipinski definition) is 1. The van der Waals surface area contributed by atoms with Crippen LogP contribution in [0.2, 0.25) is 0 Å². The maximum Gasteiger partial charge on any atom is 0.0835 e. The van der Waals surface area contributed by atoms with E-state index in [0.29, 0.717) is 0 Å². The van der Waals surface area contributed by atoms with Crippen molar-refractivity contribution in [3.05, 3.63) is 35.9 Å². The Morgan fingerprint density at radius 1 is 1.29 bits per heavy atom. The summed E-state index contributed by atoms with van der Waals surface area (Å²) in [5.41, 5.74) is 2.31. The van der Waals surface area contributed by atoms with Crippen molar-refractivity contribution in [2.45, 2.75) is 20.3 Å². The molecule has 1 heterocycles. The third kappa shape index (κ3) is 2.67. The number of thiocarbonyl (C=S) groups is 1. The van der Waals surface area contributed by atoms with E-state index in [-0.39, 0.29) is 1.43 Å². The van der Waals surface area contributed by atoms with Gasteiger partial charge in [-0.25, -0.2) is 0 Å². The molecule has 0 saturated carbocycles. The molecule has 0 amide bonds. The second kappa shape index (κ2) is 5.55. The monoisotopic (exact) mass is 207 g/mol. The third-order valence-electron chi connectivity index (χ3n) is 1.84. The van der Waals surface area contributed by atoms with Gasteiger partial charge >= 0.3 is 0 Å². The number of rotatable bonds is 0. The van der Waals surface area contributed by atoms with Gasteiger partial charge in [0, 0.05) is 13.5 Å². The molecule has 0 aromatic heterocycles. The maximum atomic E-state index is 5.11. The van der Waals surface area contributed by atoms with Crippen LogP contribution in [0.5, 0.6) is 0 Å². The summed E-state index contributed by atoms with van der Waals surface area (Å²) in [5, 5.41) is 3.19. The minimum atomic E-state index is 0. The molecule has 76 valence electrons. The summed E-state index contributed by atoms with van der Waals surface area (Å²) in [5.74, 6) is 0. The van der Waals surface area contributed by atoms with Crippen molar-refractivity contribution in [3.8, 4) is 0 Å². The van der Waals surface area contributed by atoms with Gasteiger partial charge in [-0.15, -0.1) is 0 Å². The molecule has 0 fully saturated rings. The van der Waals surface area contributed by atoms with E-state index in [0.717, 1.165) is 17.1 Å². The predicted molar refractivity (Wildman–Crippen MR) is 69.8 cm³/mol. The molecule has 0 unspecified atom stereocenters. The van der Waals surface area contributed by atoms with Gasteiger partial charge < -0.3 is 5.32 Å². The van der Waals surface area contributed by atoms with E-state index in [2.05, 4.69) is 23.5 Å². The number of benzene rings is 1. The number of anilines is 1. The molecule has 1 aromatic rings. The van der Waals surface area contributed by atoms with E-state index < -0.39 is 0 Å². The van der Waals surface area contributed by atoms with E-state index in [1.807, 2.05) is 32.0 Å². The fourth-order valence-electron chi connectivity index (χ4n) is 1.25. The molecular weight excluding hydrogens is 190 g/mol. The lowest BCUT2D eigenvalue weighted by Crippen LogP contribution is -2.06. The average Bonchev–Trinajstić information content (AvgIpc) is 2.41. The van der Waals surface area contributed by atoms with E-state index >= 15 is 0 Å². The standard InChI is InChI=1S/C10H9NS.C2H6.H2/c12-10-7-3-5-8-4-1-2-6-9(8)11-10;1-2;/h1-6H,7H2,(H,11,12);1-2H3;1H. The van der Waals surface area contributed by atoms with Crippen LogP contribution in [0, 0.1) is 0 Å². The number of para-hydroxylation sites is 1. The highest BCUT2D eigenvalue weighted by Crippen LogP contribution is 2.19. The Morgan fingerprint density at radius 3 is 2.79 bits per heavy atom. The van der Waals surface area contributed by atoms with Crippen LogP contribution >= 0.6 is 12.2 Å². The normalized spacial score (nSPS) is 13.1. The average molecular weight is 207 g/mol. The number of hydrogen-bond acceptors (Lipinski definition) is 1. The van der Waals surface area contributed by atoms with Gasteiger partial charge in [0.1, 0.15) is 0 Å². The molecule has 0 bridgehead atoms. The van der Waals surface area contributed by atoms with Gasteiger partial charge in [-0.2, -0.15) is 0 Å². The Balaban J connectivity index is 0.000000617. The Labute approximate surface area is 92.3 Å². The summed E-state index contributed by atoms with van der Waals surface area (Å²) < 4.78 is 0. The van der Waals surface area contributed by atoms with Crippen LogP contribution in [0.15, 0.2) is 30.3 Å². The second-order valence-corrected chi connectivity index (χ2v) is 3.23. The molecule has 14 heavy (non-hydrogen) atoms. The maximum absolute atomic E-state index is 5.11. The van der Waals surface area contributed by atoms with E-state index in [9.17, 15) is 0 Å². The Bertz CT molecular complexity index is 347. The molecule has 0 atom stereocenters. The molecule has 1 N–H and O–H groups in total. The van der Waals surface area contributed by atoms with E-state index in [4.69, 9.17) is 12.2 Å². The smallest absolute Gasteiger partial charge is 0.0835 e. The second-order valence-electron chi connectivity index (χ2n) is 2.74. The summed E-state index contributed by atoms with van der Waals surface area (Å²) in [6, 6.07) is 8.15. The quantitative estimate of drug-likeness (QED) is 0.642. The van der Waals surface area contributed by atoms with Gasteiger partial charge in [0.15, 0.2) is 0 Å². The van der Waals surface area contributed by atoms with Crippen molar-refractivity contribution in [3.63, 3.8) is 0 Å². The molecule has 0 aliphatic carbocycles. The molecule has 2 heteroatoms. The molecule has 2 rings (SSSR count). The van der Waals surface area contributed by atoms with Gasteiger partial charge in [0.2, 0.25) is 0 Å². The fourth-order valence-corrected chi connectivity index (χ4v) is 1.46. The zero-order valence-electron chi connectivity index (χ0n) is 8.58. The molecule has 0 radical (unpaired) electrons. The summed E-state index contributed by atoms with van der Waals surface area (Å²) in [7, 11) is 0. The fraction of sp³-hybridized carbons (Fsp3) is 0.250. The van der Waals surface area contributed by atoms with Gasteiger partial charge in [0.05, 0.1) is 4.99 Å². The first-order valence-electron chi connectivity index (χ1n) is 4.92. The summed E-state index contributed by atoms with van der Waals surface area (Å²) >= 11 is 5.11. The van der Waals surface area contributed by atoms with Crippen LogP contribution in [0.3, 0.4) is 0 Å². The predicted octanol–water partition coefficient (Wildman–Crippen LogP) is 4.12. The van der Waals surface area contributed by atoms with Crippen LogP contribution in [-0.4, -0.2) is 4.99 Å². The van der Waals surface area contributed by atoms with E-state index in [1.165, 1.54) is 5.56 Å². The summed E-state index contributed by atoms with van der Waals surface area (Å²) in [4.78, 5) is 0.885. The SMILES string of the molecule is CC.S=C1CC=Cc2ccccc2N1.[HH]. The number of fused-ring (bicyclic) bond motifs is 1. The zero-order chi connectivity index (χ0) is 10.4. The molecular formula is C12H17NS. The van der Waals surface area contributed by atoms with Crippen LogP contribution in [-0.2, 0) is 0 Å². The molecule has 1 nitrogen and oxygen atoms in total. The molecule has 0 spiro atoms. The van der Waals surface area contributed by atoms with E-state index in [1.54, 1.807) is 0 Å². The molecule has 1 aliphatic rings. The van der Waals surface area contributed by atoms with Crippen molar-refractivity contribution < 1.29 is 1.43 Å². The lowest BCUT2D eigenvalue weighted by molar-refractivity contribution is 1.50. The van der Waals surface area contributed by atoms with Gasteiger partial charge in [-0.05, 0) is 11.6 Å². The van der Waals surface area contributed by atoms with Crippen molar-refractivity contribution in [2.75, 3.05) is 5.32 Å². The van der Waals surface area contributed by atoms with Gasteiger partial charge in [0.25, 0.3) is 0 Å². The highest BCUT2D eigenvalue weighted by Gasteiger charge is 2.03. The highest BCUT2D eigenvalue weighted by atomic mass is 32.1. The molecule has 1 aromatic carbocycles. The minimum Gasteiger partial charge on any atom is -0.349 e. The van der Waals surface area contributed by atoms with Crippen molar-refractivity contribution in [1.82, 2.24) is 0 Å². The third-order valence-corrected chi connectivity index (χ3v) is 2.10. The first kappa shape index (κ1) is 10.9. The van der Waals surface area contributed by atoms with Gasteiger partial charge in [-0.1, -0.05) is 56.4 Å². The Kier molecular flexibility index (Phi) is 4.33. The largest absolute Gasteiger partial charge is 0.349 e. The zero-order valence-corrected chi connectivity index (χ0v) is 9.40. The molecule has 0 saturated heterocycles. The Hall–Kier alpha value is -1.15. The first-order valence-corrected chi connectivity index (χ1v) is 5.32. The highest BCUT2D eigenvalue weighted by molar-refractivity contribution is 7.80. The van der Waals surface area contributed by atoms with Crippen molar-refractivity contribution >= 4 is 29.0 Å².